The Morgan fingerprint density at radius 2 is 1.87 bits per heavy atom. The molecule has 0 radical (unpaired) electrons. The van der Waals surface area contributed by atoms with Crippen molar-refractivity contribution in [3.05, 3.63) is 53.6 Å². The minimum Gasteiger partial charge on any atom is -0.395 e. The standard InChI is InChI=1S/C13H15F3N4S.C8H9NO/c1-3-21-12(18)19-11-9(17)7-5-4-6-8(13(14,15)16)10(7)20(11)2;1-7-2-4-8(5-3-7)9-6-10/h4-6H,3,17H2,1-2H3,(H2,18,19);2-6H,1H3,(H,9,10). The highest BCUT2D eigenvalue weighted by atomic mass is 32.2. The molecule has 10 heteroatoms. The number of alkyl halides is 3. The molecule has 0 atom stereocenters. The number of amidine groups is 1. The first kappa shape index (κ1) is 24.1. The van der Waals surface area contributed by atoms with Crippen molar-refractivity contribution in [1.82, 2.24) is 4.57 Å². The highest BCUT2D eigenvalue weighted by Gasteiger charge is 2.34. The van der Waals surface area contributed by atoms with Crippen molar-refractivity contribution in [1.29, 1.82) is 0 Å². The van der Waals surface area contributed by atoms with Crippen LogP contribution in [0.3, 0.4) is 0 Å². The van der Waals surface area contributed by atoms with Crippen molar-refractivity contribution in [2.45, 2.75) is 20.0 Å². The Balaban J connectivity index is 0.000000285. The van der Waals surface area contributed by atoms with Gasteiger partial charge in [0.25, 0.3) is 0 Å². The van der Waals surface area contributed by atoms with Crippen molar-refractivity contribution in [2.24, 2.45) is 17.8 Å². The smallest absolute Gasteiger partial charge is 0.395 e. The van der Waals surface area contributed by atoms with E-state index in [0.29, 0.717) is 17.5 Å². The number of amides is 1. The van der Waals surface area contributed by atoms with E-state index in [9.17, 15) is 18.0 Å². The van der Waals surface area contributed by atoms with Gasteiger partial charge in [-0.1, -0.05) is 48.5 Å². The molecule has 3 aromatic rings. The lowest BCUT2D eigenvalue weighted by atomic mass is 10.1. The van der Waals surface area contributed by atoms with E-state index in [4.69, 9.17) is 11.5 Å². The van der Waals surface area contributed by atoms with Crippen LogP contribution < -0.4 is 16.8 Å². The average molecular weight is 452 g/mol. The quantitative estimate of drug-likeness (QED) is 0.294. The molecule has 0 aliphatic carbocycles. The third-order valence-electron chi connectivity index (χ3n) is 4.31. The molecule has 166 valence electrons. The van der Waals surface area contributed by atoms with Crippen molar-refractivity contribution in [3.63, 3.8) is 0 Å². The highest BCUT2D eigenvalue weighted by Crippen LogP contribution is 2.41. The largest absolute Gasteiger partial charge is 0.418 e. The van der Waals surface area contributed by atoms with E-state index in [1.165, 1.54) is 35.0 Å². The van der Waals surface area contributed by atoms with Gasteiger partial charge in [0.05, 0.1) is 16.8 Å². The van der Waals surface area contributed by atoms with Crippen LogP contribution in [-0.4, -0.2) is 21.9 Å². The number of fused-ring (bicyclic) bond motifs is 1. The minimum atomic E-state index is -4.46. The molecule has 0 bridgehead atoms. The summed E-state index contributed by atoms with van der Waals surface area (Å²) < 4.78 is 40.6. The van der Waals surface area contributed by atoms with Gasteiger partial charge >= 0.3 is 6.18 Å². The molecule has 3 rings (SSSR count). The number of anilines is 2. The molecular formula is C21H24F3N5OS. The molecule has 31 heavy (non-hydrogen) atoms. The molecule has 0 unspecified atom stereocenters. The van der Waals surface area contributed by atoms with Crippen LogP contribution >= 0.6 is 11.8 Å². The van der Waals surface area contributed by atoms with Gasteiger partial charge in [-0.2, -0.15) is 13.2 Å². The number of carbonyl (C=O) groups excluding carboxylic acids is 1. The van der Waals surface area contributed by atoms with E-state index in [2.05, 4.69) is 10.3 Å². The number of aliphatic imine (C=N–C) groups is 1. The number of nitrogens with two attached hydrogens (primary N) is 2. The molecule has 0 saturated heterocycles. The zero-order chi connectivity index (χ0) is 23.2. The number of nitrogens with one attached hydrogen (secondary N) is 1. The molecule has 2 aromatic carbocycles. The number of rotatable bonds is 4. The van der Waals surface area contributed by atoms with Crippen molar-refractivity contribution >= 4 is 51.4 Å². The number of nitrogens with zero attached hydrogens (tertiary/aromatic N) is 2. The van der Waals surface area contributed by atoms with E-state index in [1.807, 2.05) is 38.1 Å². The van der Waals surface area contributed by atoms with E-state index in [-0.39, 0.29) is 22.2 Å². The maximum absolute atomic E-state index is 13.1. The molecule has 0 spiro atoms. The summed E-state index contributed by atoms with van der Waals surface area (Å²) in [5.74, 6) is 0.952. The van der Waals surface area contributed by atoms with Crippen LogP contribution in [-0.2, 0) is 18.0 Å². The molecule has 0 fully saturated rings. The van der Waals surface area contributed by atoms with Crippen LogP contribution in [0, 0.1) is 6.92 Å². The van der Waals surface area contributed by atoms with Gasteiger partial charge in [-0.05, 0) is 30.9 Å². The van der Waals surface area contributed by atoms with Gasteiger partial charge in [-0.15, -0.1) is 0 Å². The number of aromatic nitrogens is 1. The van der Waals surface area contributed by atoms with Gasteiger partial charge in [0.2, 0.25) is 6.41 Å². The summed E-state index contributed by atoms with van der Waals surface area (Å²) >= 11 is 1.30. The second-order valence-corrected chi connectivity index (χ2v) is 7.79. The number of hydrogen-bond acceptors (Lipinski definition) is 4. The van der Waals surface area contributed by atoms with E-state index >= 15 is 0 Å². The van der Waals surface area contributed by atoms with Gasteiger partial charge < -0.3 is 21.4 Å². The number of hydrogen-bond donors (Lipinski definition) is 3. The Bertz CT molecular complexity index is 1080. The summed E-state index contributed by atoms with van der Waals surface area (Å²) in [6, 6.07) is 11.5. The van der Waals surface area contributed by atoms with Crippen LogP contribution in [0.4, 0.5) is 30.4 Å². The number of nitrogen functional groups attached to an aromatic ring is 1. The molecular weight excluding hydrogens is 427 g/mol. The fourth-order valence-electron chi connectivity index (χ4n) is 2.90. The Kier molecular flexibility index (Phi) is 7.98. The third kappa shape index (κ3) is 5.94. The molecule has 5 N–H and O–H groups in total. The van der Waals surface area contributed by atoms with Crippen LogP contribution in [0.2, 0.25) is 0 Å². The fraction of sp³-hybridized carbons (Fsp3) is 0.238. The first-order valence-electron chi connectivity index (χ1n) is 9.28. The summed E-state index contributed by atoms with van der Waals surface area (Å²) in [5.41, 5.74) is 13.1. The van der Waals surface area contributed by atoms with E-state index < -0.39 is 11.7 Å². The molecule has 0 aliphatic rings. The Morgan fingerprint density at radius 1 is 1.23 bits per heavy atom. The average Bonchev–Trinajstić information content (AvgIpc) is 2.95. The molecule has 1 heterocycles. The summed E-state index contributed by atoms with van der Waals surface area (Å²) in [7, 11) is 1.50. The second kappa shape index (κ2) is 10.3. The minimum absolute atomic E-state index is 0.00977. The maximum Gasteiger partial charge on any atom is 0.418 e. The second-order valence-electron chi connectivity index (χ2n) is 6.51. The lowest BCUT2D eigenvalue weighted by molar-refractivity contribution is -0.136. The highest BCUT2D eigenvalue weighted by molar-refractivity contribution is 8.13. The first-order chi connectivity index (χ1) is 14.6. The van der Waals surface area contributed by atoms with Crippen LogP contribution in [0.25, 0.3) is 10.9 Å². The number of aryl methyl sites for hydroxylation is 2. The molecule has 6 nitrogen and oxygen atoms in total. The van der Waals surface area contributed by atoms with Gasteiger partial charge in [-0.3, -0.25) is 4.79 Å². The van der Waals surface area contributed by atoms with Crippen LogP contribution in [0.15, 0.2) is 47.5 Å². The SMILES string of the molecule is CCS/C(N)=N/c1c(N)c2cccc(C(F)(F)F)c2n1C.Cc1ccc(NC=O)cc1. The zero-order valence-electron chi connectivity index (χ0n) is 17.3. The topological polar surface area (TPSA) is 98.4 Å². The first-order valence-corrected chi connectivity index (χ1v) is 10.3. The molecule has 0 aliphatic heterocycles. The Morgan fingerprint density at radius 3 is 2.42 bits per heavy atom. The third-order valence-corrected chi connectivity index (χ3v) is 4.99. The van der Waals surface area contributed by atoms with Crippen molar-refractivity contribution in [3.8, 4) is 0 Å². The van der Waals surface area contributed by atoms with E-state index in [1.54, 1.807) is 6.07 Å². The van der Waals surface area contributed by atoms with Gasteiger partial charge in [-0.25, -0.2) is 4.99 Å². The molecule has 0 saturated carbocycles. The number of benzene rings is 2. The lowest BCUT2D eigenvalue weighted by Crippen LogP contribution is -2.08. The van der Waals surface area contributed by atoms with Gasteiger partial charge in [0.1, 0.15) is 0 Å². The number of para-hydroxylation sites is 1. The summed E-state index contributed by atoms with van der Waals surface area (Å²) in [5, 5.41) is 3.14. The molecule has 1 amide bonds. The number of thioether (sulfide) groups is 1. The van der Waals surface area contributed by atoms with Gasteiger partial charge in [0, 0.05) is 18.1 Å². The monoisotopic (exact) mass is 451 g/mol. The molecule has 1 aromatic heterocycles. The van der Waals surface area contributed by atoms with Gasteiger partial charge in [0.15, 0.2) is 11.0 Å². The van der Waals surface area contributed by atoms with Crippen LogP contribution in [0.5, 0.6) is 0 Å². The van der Waals surface area contributed by atoms with E-state index in [0.717, 1.165) is 11.8 Å². The Labute approximate surface area is 182 Å². The predicted molar refractivity (Wildman–Crippen MR) is 123 cm³/mol. The number of halogens is 3. The lowest BCUT2D eigenvalue weighted by Gasteiger charge is -2.10. The zero-order valence-corrected chi connectivity index (χ0v) is 18.1. The predicted octanol–water partition coefficient (Wildman–Crippen LogP) is 5.04. The normalized spacial score (nSPS) is 11.7. The summed E-state index contributed by atoms with van der Waals surface area (Å²) in [6.07, 6.45) is -3.78. The summed E-state index contributed by atoms with van der Waals surface area (Å²) in [6.45, 7) is 3.91. The van der Waals surface area contributed by atoms with Crippen LogP contribution in [0.1, 0.15) is 18.1 Å². The van der Waals surface area contributed by atoms with Crippen molar-refractivity contribution < 1.29 is 18.0 Å². The van der Waals surface area contributed by atoms with Crippen molar-refractivity contribution in [2.75, 3.05) is 16.8 Å². The fourth-order valence-corrected chi connectivity index (χ4v) is 3.34. The number of carbonyl (C=O) groups is 1. The summed E-state index contributed by atoms with van der Waals surface area (Å²) in [4.78, 5) is 14.1. The Hall–Kier alpha value is -3.14. The maximum atomic E-state index is 13.1.